The average Bonchev–Trinajstić information content (AvgIpc) is 3.52. The lowest BCUT2D eigenvalue weighted by molar-refractivity contribution is -0.384. The number of aryl methyl sites for hydroxylation is 1. The largest absolute Gasteiger partial charge is 0.365 e. The summed E-state index contributed by atoms with van der Waals surface area (Å²) in [5.41, 5.74) is 3.10. The van der Waals surface area contributed by atoms with Crippen molar-refractivity contribution in [2.24, 2.45) is 23.7 Å². The van der Waals surface area contributed by atoms with E-state index in [2.05, 4.69) is 36.9 Å². The smallest absolute Gasteiger partial charge is 0.294 e. The van der Waals surface area contributed by atoms with E-state index in [4.69, 9.17) is 0 Å². The lowest BCUT2D eigenvalue weighted by atomic mass is 9.85. The fourth-order valence-electron chi connectivity index (χ4n) is 6.59. The van der Waals surface area contributed by atoms with Crippen molar-refractivity contribution in [3.8, 4) is 0 Å². The molecule has 8 heteroatoms. The molecule has 1 saturated carbocycles. The van der Waals surface area contributed by atoms with Crippen LogP contribution in [0.5, 0.6) is 0 Å². The standard InChI is InChI=1S/C27H28N4O4/c1-16-4-3-5-20(12-16)29-11-10-28(15-17(29)2)22-9-8-21(14-23(22)31(34)35)30-26(32)24-18-6-7-19(13-18)25(24)27(30)33/h3-9,12,14,17-19,24-25H,10-11,13,15H2,1-2H3/t17-,18+,19+,24-,25-/m1/s1. The van der Waals surface area contributed by atoms with Gasteiger partial charge in [-0.2, -0.15) is 0 Å². The monoisotopic (exact) mass is 472 g/mol. The van der Waals surface area contributed by atoms with Crippen LogP contribution in [-0.2, 0) is 9.59 Å². The number of rotatable bonds is 4. The summed E-state index contributed by atoms with van der Waals surface area (Å²) >= 11 is 0. The zero-order valence-electron chi connectivity index (χ0n) is 19.8. The lowest BCUT2D eigenvalue weighted by Crippen LogP contribution is -2.52. The van der Waals surface area contributed by atoms with E-state index < -0.39 is 4.92 Å². The first kappa shape index (κ1) is 21.8. The normalized spacial score (nSPS) is 29.3. The molecule has 8 nitrogen and oxygen atoms in total. The SMILES string of the molecule is Cc1cccc(N2CCN(c3ccc(N4C(=O)[C@H]5[C@H](C4=O)[C@H]4C=C[C@H]5C4)cc3[N+](=O)[O-])C[C@H]2C)c1. The minimum Gasteiger partial charge on any atom is -0.365 e. The quantitative estimate of drug-likeness (QED) is 0.290. The van der Waals surface area contributed by atoms with Crippen molar-refractivity contribution < 1.29 is 14.5 Å². The van der Waals surface area contributed by atoms with Crippen LogP contribution in [0.4, 0.5) is 22.7 Å². The third-order valence-corrected chi connectivity index (χ3v) is 8.19. The van der Waals surface area contributed by atoms with E-state index in [-0.39, 0.29) is 47.2 Å². The summed E-state index contributed by atoms with van der Waals surface area (Å²) in [6.45, 7) is 6.21. The number of anilines is 3. The second-order valence-corrected chi connectivity index (χ2v) is 10.3. The maximum absolute atomic E-state index is 13.2. The minimum absolute atomic E-state index is 0.0718. The van der Waals surface area contributed by atoms with Gasteiger partial charge >= 0.3 is 0 Å². The van der Waals surface area contributed by atoms with Crippen LogP contribution in [-0.4, -0.2) is 42.4 Å². The highest BCUT2D eigenvalue weighted by Gasteiger charge is 2.59. The van der Waals surface area contributed by atoms with E-state index in [1.54, 1.807) is 12.1 Å². The summed E-state index contributed by atoms with van der Waals surface area (Å²) in [4.78, 5) is 43.6. The van der Waals surface area contributed by atoms with E-state index in [0.29, 0.717) is 24.5 Å². The van der Waals surface area contributed by atoms with Crippen LogP contribution in [0.25, 0.3) is 0 Å². The maximum atomic E-state index is 13.2. The number of piperazine rings is 1. The van der Waals surface area contributed by atoms with Crippen LogP contribution in [0.15, 0.2) is 54.6 Å². The molecule has 2 aromatic rings. The summed E-state index contributed by atoms with van der Waals surface area (Å²) < 4.78 is 0. The molecular weight excluding hydrogens is 444 g/mol. The second kappa shape index (κ2) is 7.93. The number of carbonyl (C=O) groups excluding carboxylic acids is 2. The van der Waals surface area contributed by atoms with Crippen molar-refractivity contribution in [3.05, 3.63) is 70.3 Å². The summed E-state index contributed by atoms with van der Waals surface area (Å²) in [6.07, 6.45) is 4.94. The Morgan fingerprint density at radius 2 is 1.66 bits per heavy atom. The number of nitro groups is 1. The molecule has 2 amide bonds. The molecule has 4 aliphatic rings. The summed E-state index contributed by atoms with van der Waals surface area (Å²) in [5, 5.41) is 12.1. The molecule has 2 bridgehead atoms. The number of imide groups is 1. The number of fused-ring (bicyclic) bond motifs is 5. The summed E-state index contributed by atoms with van der Waals surface area (Å²) in [6, 6.07) is 13.3. The number of nitrogens with zero attached hydrogens (tertiary/aromatic N) is 4. The number of carbonyl (C=O) groups is 2. The van der Waals surface area contributed by atoms with Gasteiger partial charge in [0.05, 0.1) is 22.4 Å². The van der Waals surface area contributed by atoms with Crippen LogP contribution in [0, 0.1) is 40.7 Å². The highest BCUT2D eigenvalue weighted by Crippen LogP contribution is 2.53. The fourth-order valence-corrected chi connectivity index (χ4v) is 6.59. The van der Waals surface area contributed by atoms with E-state index in [1.165, 1.54) is 16.5 Å². The van der Waals surface area contributed by atoms with Crippen LogP contribution in [0.1, 0.15) is 18.9 Å². The number of hydrogen-bond donors (Lipinski definition) is 0. The Bertz CT molecular complexity index is 1240. The highest BCUT2D eigenvalue weighted by molar-refractivity contribution is 6.23. The molecule has 3 fully saturated rings. The zero-order chi connectivity index (χ0) is 24.4. The minimum atomic E-state index is -0.409. The molecule has 0 unspecified atom stereocenters. The maximum Gasteiger partial charge on any atom is 0.294 e. The molecule has 0 aromatic heterocycles. The van der Waals surface area contributed by atoms with Gasteiger partial charge in [0.1, 0.15) is 5.69 Å². The van der Waals surface area contributed by atoms with E-state index in [1.807, 2.05) is 23.1 Å². The third-order valence-electron chi connectivity index (χ3n) is 8.19. The van der Waals surface area contributed by atoms with Gasteiger partial charge in [-0.1, -0.05) is 24.3 Å². The molecule has 6 rings (SSSR count). The topological polar surface area (TPSA) is 87.0 Å². The number of benzene rings is 2. The molecule has 0 radical (unpaired) electrons. The molecule has 2 saturated heterocycles. The van der Waals surface area contributed by atoms with Crippen molar-refractivity contribution in [3.63, 3.8) is 0 Å². The van der Waals surface area contributed by atoms with Gasteiger partial charge in [0.2, 0.25) is 11.8 Å². The Kier molecular flexibility index (Phi) is 4.95. The molecule has 5 atom stereocenters. The Labute approximate surface area is 204 Å². The van der Waals surface area contributed by atoms with Gasteiger partial charge in [0.15, 0.2) is 0 Å². The molecule has 0 N–H and O–H groups in total. The van der Waals surface area contributed by atoms with Crippen molar-refractivity contribution in [1.82, 2.24) is 0 Å². The lowest BCUT2D eigenvalue weighted by Gasteiger charge is -2.42. The predicted molar refractivity (Wildman–Crippen MR) is 134 cm³/mol. The first-order valence-electron chi connectivity index (χ1n) is 12.3. The Morgan fingerprint density at radius 3 is 2.29 bits per heavy atom. The van der Waals surface area contributed by atoms with Crippen molar-refractivity contribution in [2.45, 2.75) is 26.3 Å². The number of allylic oxidation sites excluding steroid dienone is 2. The van der Waals surface area contributed by atoms with E-state index >= 15 is 0 Å². The Hall–Kier alpha value is -3.68. The van der Waals surface area contributed by atoms with Crippen molar-refractivity contribution >= 4 is 34.6 Å². The number of nitro benzene ring substituents is 1. The van der Waals surface area contributed by atoms with Gasteiger partial charge in [0, 0.05) is 37.4 Å². The molecule has 0 spiro atoms. The molecule has 2 aliphatic carbocycles. The summed E-state index contributed by atoms with van der Waals surface area (Å²) in [7, 11) is 0. The first-order chi connectivity index (χ1) is 16.8. The van der Waals surface area contributed by atoms with Crippen molar-refractivity contribution in [2.75, 3.05) is 34.3 Å². The molecule has 35 heavy (non-hydrogen) atoms. The van der Waals surface area contributed by atoms with Gasteiger partial charge in [-0.3, -0.25) is 19.7 Å². The summed E-state index contributed by atoms with van der Waals surface area (Å²) in [5.74, 6) is -0.893. The molecular formula is C27H28N4O4. The Morgan fingerprint density at radius 1 is 0.943 bits per heavy atom. The average molecular weight is 473 g/mol. The van der Waals surface area contributed by atoms with Crippen molar-refractivity contribution in [1.29, 1.82) is 0 Å². The molecule has 2 heterocycles. The zero-order valence-corrected chi connectivity index (χ0v) is 19.8. The van der Waals surface area contributed by atoms with Crippen LogP contribution in [0.2, 0.25) is 0 Å². The third kappa shape index (κ3) is 3.34. The number of amides is 2. The molecule has 180 valence electrons. The van der Waals surface area contributed by atoms with Crippen LogP contribution in [0.3, 0.4) is 0 Å². The van der Waals surface area contributed by atoms with E-state index in [9.17, 15) is 19.7 Å². The highest BCUT2D eigenvalue weighted by atomic mass is 16.6. The van der Waals surface area contributed by atoms with Crippen LogP contribution < -0.4 is 14.7 Å². The van der Waals surface area contributed by atoms with Gasteiger partial charge in [-0.25, -0.2) is 4.90 Å². The first-order valence-corrected chi connectivity index (χ1v) is 12.3. The van der Waals surface area contributed by atoms with E-state index in [0.717, 1.165) is 18.7 Å². The van der Waals surface area contributed by atoms with Gasteiger partial charge in [-0.05, 0) is 61.9 Å². The second-order valence-electron chi connectivity index (χ2n) is 10.3. The fraction of sp³-hybridized carbons (Fsp3) is 0.407. The van der Waals surface area contributed by atoms with Gasteiger partial charge in [0.25, 0.3) is 5.69 Å². The van der Waals surface area contributed by atoms with Gasteiger partial charge in [-0.15, -0.1) is 0 Å². The predicted octanol–water partition coefficient (Wildman–Crippen LogP) is 3.93. The number of hydrogen-bond acceptors (Lipinski definition) is 6. The van der Waals surface area contributed by atoms with Gasteiger partial charge < -0.3 is 9.80 Å². The molecule has 2 aliphatic heterocycles. The van der Waals surface area contributed by atoms with Crippen LogP contribution >= 0.6 is 0 Å². The molecule has 2 aromatic carbocycles. The Balaban J connectivity index is 1.26.